The second-order valence-electron chi connectivity index (χ2n) is 9.19. The molecule has 1 aliphatic carbocycles. The van der Waals surface area contributed by atoms with Gasteiger partial charge in [0.2, 0.25) is 0 Å². The molecule has 0 N–H and O–H groups in total. The summed E-state index contributed by atoms with van der Waals surface area (Å²) in [4.78, 5) is 14.4. The van der Waals surface area contributed by atoms with Crippen molar-refractivity contribution in [2.75, 3.05) is 27.7 Å². The first-order valence-corrected chi connectivity index (χ1v) is 11.3. The van der Waals surface area contributed by atoms with Crippen molar-refractivity contribution in [3.8, 4) is 0 Å². The summed E-state index contributed by atoms with van der Waals surface area (Å²) >= 11 is 0. The number of hydrogen-bond donors (Lipinski definition) is 0. The van der Waals surface area contributed by atoms with Crippen LogP contribution in [0.1, 0.15) is 52.9 Å². The molecule has 2 unspecified atom stereocenters. The molecule has 0 fully saturated rings. The standard InChI is InChI=1S/C26H38N4/c1-19-8-7-9-22(16-19)11-12-23-18-25(27-24-14-15-30(6)21(3)17-24)28-26(29(4)5)13-10-20(23)2/h9,11-12,16-18,20,23H,7-8,10,13-15H2,1-6H3/b12-11?,25-18-,27-24?,28-26?. The molecule has 2 aliphatic heterocycles. The molecule has 0 aromatic heterocycles. The van der Waals surface area contributed by atoms with Gasteiger partial charge in [-0.15, -0.1) is 0 Å². The van der Waals surface area contributed by atoms with Crippen LogP contribution < -0.4 is 0 Å². The molecule has 0 radical (unpaired) electrons. The third kappa shape index (κ3) is 6.07. The lowest BCUT2D eigenvalue weighted by Gasteiger charge is -2.26. The normalized spacial score (nSPS) is 28.8. The van der Waals surface area contributed by atoms with Crippen LogP contribution in [0.2, 0.25) is 0 Å². The summed E-state index contributed by atoms with van der Waals surface area (Å²) in [6.07, 6.45) is 19.2. The molecular weight excluding hydrogens is 368 g/mol. The molecule has 30 heavy (non-hydrogen) atoms. The molecule has 2 atom stereocenters. The zero-order valence-electron chi connectivity index (χ0n) is 19.7. The SMILES string of the molecule is CC1=CC(C=CC2/C=C(/N=C3C=C(C)N(C)CC3)N=C(N(C)C)CCC2C)=CCC1. The first kappa shape index (κ1) is 22.3. The third-order valence-corrected chi connectivity index (χ3v) is 6.36. The quantitative estimate of drug-likeness (QED) is 0.599. The lowest BCUT2D eigenvalue weighted by molar-refractivity contribution is 0.424. The number of allylic oxidation sites excluding steroid dienone is 9. The van der Waals surface area contributed by atoms with Gasteiger partial charge in [-0.3, -0.25) is 0 Å². The topological polar surface area (TPSA) is 31.2 Å². The van der Waals surface area contributed by atoms with Gasteiger partial charge in [0.25, 0.3) is 0 Å². The Bertz CT molecular complexity index is 848. The third-order valence-electron chi connectivity index (χ3n) is 6.36. The van der Waals surface area contributed by atoms with E-state index in [1.54, 1.807) is 0 Å². The summed E-state index contributed by atoms with van der Waals surface area (Å²) in [7, 11) is 6.30. The van der Waals surface area contributed by atoms with Gasteiger partial charge in [0.1, 0.15) is 5.84 Å². The van der Waals surface area contributed by atoms with Crippen molar-refractivity contribution in [2.45, 2.75) is 52.9 Å². The number of hydrogen-bond acceptors (Lipinski definition) is 4. The van der Waals surface area contributed by atoms with Crippen molar-refractivity contribution < 1.29 is 0 Å². The maximum absolute atomic E-state index is 5.01. The molecule has 0 amide bonds. The fourth-order valence-electron chi connectivity index (χ4n) is 4.08. The van der Waals surface area contributed by atoms with Gasteiger partial charge in [0, 0.05) is 57.9 Å². The van der Waals surface area contributed by atoms with Gasteiger partial charge in [-0.05, 0) is 56.8 Å². The smallest absolute Gasteiger partial charge is 0.150 e. The second-order valence-corrected chi connectivity index (χ2v) is 9.19. The van der Waals surface area contributed by atoms with Crippen LogP contribution >= 0.6 is 0 Å². The Morgan fingerprint density at radius 3 is 2.67 bits per heavy atom. The predicted molar refractivity (Wildman–Crippen MR) is 130 cm³/mol. The van der Waals surface area contributed by atoms with E-state index in [0.29, 0.717) is 11.8 Å². The van der Waals surface area contributed by atoms with Crippen molar-refractivity contribution in [3.63, 3.8) is 0 Å². The first-order valence-electron chi connectivity index (χ1n) is 11.3. The van der Waals surface area contributed by atoms with E-state index >= 15 is 0 Å². The Balaban J connectivity index is 1.93. The Morgan fingerprint density at radius 2 is 1.97 bits per heavy atom. The maximum atomic E-state index is 5.01. The van der Waals surface area contributed by atoms with Gasteiger partial charge >= 0.3 is 0 Å². The summed E-state index contributed by atoms with van der Waals surface area (Å²) in [6.45, 7) is 7.74. The Kier molecular flexibility index (Phi) is 7.52. The monoisotopic (exact) mass is 406 g/mol. The number of nitrogens with zero attached hydrogens (tertiary/aromatic N) is 4. The largest absolute Gasteiger partial charge is 0.378 e. The number of rotatable bonds is 3. The zero-order valence-corrected chi connectivity index (χ0v) is 19.7. The van der Waals surface area contributed by atoms with Crippen LogP contribution in [0, 0.1) is 11.8 Å². The van der Waals surface area contributed by atoms with Crippen molar-refractivity contribution in [1.82, 2.24) is 9.80 Å². The predicted octanol–water partition coefficient (Wildman–Crippen LogP) is 5.74. The van der Waals surface area contributed by atoms with Crippen LogP contribution in [0.25, 0.3) is 0 Å². The van der Waals surface area contributed by atoms with Crippen molar-refractivity contribution in [1.29, 1.82) is 0 Å². The van der Waals surface area contributed by atoms with Crippen LogP contribution in [0.5, 0.6) is 0 Å². The fourth-order valence-corrected chi connectivity index (χ4v) is 4.08. The number of amidine groups is 1. The fraction of sp³-hybridized carbons (Fsp3) is 0.538. The van der Waals surface area contributed by atoms with Crippen LogP contribution in [0.15, 0.2) is 69.1 Å². The molecule has 2 heterocycles. The lowest BCUT2D eigenvalue weighted by atomic mass is 9.87. The van der Waals surface area contributed by atoms with Gasteiger partial charge in [0.05, 0.1) is 0 Å². The maximum Gasteiger partial charge on any atom is 0.150 e. The minimum atomic E-state index is 0.338. The van der Waals surface area contributed by atoms with Crippen molar-refractivity contribution >= 4 is 11.5 Å². The van der Waals surface area contributed by atoms with Crippen LogP contribution in [-0.4, -0.2) is 49.0 Å². The van der Waals surface area contributed by atoms with Gasteiger partial charge < -0.3 is 9.80 Å². The van der Waals surface area contributed by atoms with E-state index in [9.17, 15) is 0 Å². The first-order chi connectivity index (χ1) is 14.3. The lowest BCUT2D eigenvalue weighted by Crippen LogP contribution is -2.26. The summed E-state index contributed by atoms with van der Waals surface area (Å²) in [6, 6.07) is 0. The molecule has 4 heteroatoms. The van der Waals surface area contributed by atoms with E-state index in [2.05, 4.69) is 88.2 Å². The molecule has 0 saturated heterocycles. The van der Waals surface area contributed by atoms with E-state index < -0.39 is 0 Å². The molecular formula is C26H38N4. The number of aliphatic imine (C=N–C) groups is 2. The van der Waals surface area contributed by atoms with Gasteiger partial charge in [-0.1, -0.05) is 36.8 Å². The summed E-state index contributed by atoms with van der Waals surface area (Å²) in [5.41, 5.74) is 5.19. The molecule has 0 aromatic rings. The van der Waals surface area contributed by atoms with Gasteiger partial charge in [0.15, 0.2) is 5.82 Å². The average molecular weight is 407 g/mol. The summed E-state index contributed by atoms with van der Waals surface area (Å²) < 4.78 is 0. The van der Waals surface area contributed by atoms with Crippen LogP contribution in [-0.2, 0) is 0 Å². The van der Waals surface area contributed by atoms with Crippen molar-refractivity contribution in [3.05, 3.63) is 59.1 Å². The second kappa shape index (κ2) is 10.1. The highest BCUT2D eigenvalue weighted by Crippen LogP contribution is 2.27. The highest BCUT2D eigenvalue weighted by molar-refractivity contribution is 5.97. The molecule has 0 bridgehead atoms. The zero-order chi connectivity index (χ0) is 21.7. The van der Waals surface area contributed by atoms with Crippen molar-refractivity contribution in [2.24, 2.45) is 21.8 Å². The van der Waals surface area contributed by atoms with E-state index in [0.717, 1.165) is 49.6 Å². The van der Waals surface area contributed by atoms with E-state index in [1.807, 2.05) is 0 Å². The molecule has 0 spiro atoms. The van der Waals surface area contributed by atoms with Gasteiger partial charge in [-0.2, -0.15) is 0 Å². The van der Waals surface area contributed by atoms with Crippen LogP contribution in [0.4, 0.5) is 0 Å². The molecule has 0 aromatic carbocycles. The molecule has 0 saturated carbocycles. The van der Waals surface area contributed by atoms with E-state index in [1.165, 1.54) is 23.3 Å². The average Bonchev–Trinajstić information content (AvgIpc) is 2.69. The summed E-state index contributed by atoms with van der Waals surface area (Å²) in [5, 5.41) is 0. The van der Waals surface area contributed by atoms with Crippen LogP contribution in [0.3, 0.4) is 0 Å². The minimum absolute atomic E-state index is 0.338. The molecule has 3 rings (SSSR count). The van der Waals surface area contributed by atoms with E-state index in [-0.39, 0.29) is 0 Å². The minimum Gasteiger partial charge on any atom is -0.378 e. The Morgan fingerprint density at radius 1 is 1.17 bits per heavy atom. The van der Waals surface area contributed by atoms with Gasteiger partial charge in [-0.25, -0.2) is 9.98 Å². The molecule has 4 nitrogen and oxygen atoms in total. The Labute approximate surface area is 183 Å². The molecule has 3 aliphatic rings. The Hall–Kier alpha value is -2.36. The van der Waals surface area contributed by atoms with E-state index in [4.69, 9.17) is 9.98 Å². The molecule has 162 valence electrons. The summed E-state index contributed by atoms with van der Waals surface area (Å²) in [5.74, 6) is 2.85. The highest BCUT2D eigenvalue weighted by atomic mass is 15.2. The highest BCUT2D eigenvalue weighted by Gasteiger charge is 2.19.